The second-order valence-corrected chi connectivity index (χ2v) is 20.0. The van der Waals surface area contributed by atoms with Crippen LogP contribution in [0.4, 0.5) is 0 Å². The van der Waals surface area contributed by atoms with Crippen molar-refractivity contribution in [1.82, 2.24) is 4.98 Å². The standard InChI is InChI=1S/C62H40NO2P/c64-66(45-23-9-3-10-24-45,46-25-11-4-12-26-46)47-36-33-41(34-37-47)52-40-53-58(59-51-29-15-18-32-57(51)65-61(52)59)50-28-14-17-31-56(50)63-60(53)42-35-38-49-48-27-13-16-30-54(48)62(55(49)39-42,43-19-5-1-6-20-43)44-21-7-2-8-22-44/h1-40H. The van der Waals surface area contributed by atoms with Gasteiger partial charge in [-0.05, 0) is 63.2 Å². The fourth-order valence-electron chi connectivity index (χ4n) is 10.9. The average molecular weight is 862 g/mol. The highest BCUT2D eigenvalue weighted by atomic mass is 31.2. The van der Waals surface area contributed by atoms with Crippen molar-refractivity contribution < 1.29 is 8.98 Å². The number of nitrogens with zero attached hydrogens (tertiary/aromatic N) is 1. The molecule has 0 N–H and O–H groups in total. The molecule has 0 saturated carbocycles. The van der Waals surface area contributed by atoms with Crippen molar-refractivity contribution >= 4 is 66.7 Å². The number of furan rings is 1. The minimum atomic E-state index is -3.19. The topological polar surface area (TPSA) is 43.1 Å². The zero-order chi connectivity index (χ0) is 43.8. The smallest absolute Gasteiger partial charge is 0.171 e. The van der Waals surface area contributed by atoms with Gasteiger partial charge in [0, 0.05) is 54.0 Å². The third-order valence-electron chi connectivity index (χ3n) is 13.8. The zero-order valence-electron chi connectivity index (χ0n) is 35.8. The second-order valence-electron chi connectivity index (χ2n) is 17.2. The molecule has 0 fully saturated rings. The summed E-state index contributed by atoms with van der Waals surface area (Å²) in [6, 6.07) is 84.8. The molecular weight excluding hydrogens is 822 g/mol. The van der Waals surface area contributed by atoms with Crippen LogP contribution in [0.3, 0.4) is 0 Å². The van der Waals surface area contributed by atoms with Crippen LogP contribution < -0.4 is 15.9 Å². The van der Waals surface area contributed by atoms with Crippen molar-refractivity contribution in [3.05, 3.63) is 265 Å². The molecule has 0 radical (unpaired) electrons. The highest BCUT2D eigenvalue weighted by Crippen LogP contribution is 2.57. The highest BCUT2D eigenvalue weighted by molar-refractivity contribution is 7.85. The number of fused-ring (bicyclic) bond motifs is 10. The van der Waals surface area contributed by atoms with Crippen LogP contribution in [0.2, 0.25) is 0 Å². The molecule has 0 amide bonds. The summed E-state index contributed by atoms with van der Waals surface area (Å²) in [5.41, 5.74) is 13.2. The van der Waals surface area contributed by atoms with Crippen molar-refractivity contribution in [3.63, 3.8) is 0 Å². The van der Waals surface area contributed by atoms with Crippen LogP contribution in [0.5, 0.6) is 0 Å². The van der Waals surface area contributed by atoms with E-state index in [2.05, 4.69) is 164 Å². The van der Waals surface area contributed by atoms with E-state index in [-0.39, 0.29) is 0 Å². The van der Waals surface area contributed by atoms with Gasteiger partial charge in [0.2, 0.25) is 0 Å². The van der Waals surface area contributed by atoms with Gasteiger partial charge in [-0.2, -0.15) is 0 Å². The number of hydrogen-bond donors (Lipinski definition) is 0. The van der Waals surface area contributed by atoms with Crippen LogP contribution in [0, 0.1) is 0 Å². The molecule has 0 spiro atoms. The van der Waals surface area contributed by atoms with Gasteiger partial charge in [-0.1, -0.05) is 218 Å². The van der Waals surface area contributed by atoms with Gasteiger partial charge >= 0.3 is 0 Å². The molecule has 12 aromatic rings. The molecule has 13 rings (SSSR count). The molecule has 10 aromatic carbocycles. The lowest BCUT2D eigenvalue weighted by molar-refractivity contribution is 0.592. The van der Waals surface area contributed by atoms with Gasteiger partial charge in [0.25, 0.3) is 0 Å². The summed E-state index contributed by atoms with van der Waals surface area (Å²) < 4.78 is 22.4. The Bertz CT molecular complexity index is 3800. The molecule has 2 heterocycles. The van der Waals surface area contributed by atoms with Crippen LogP contribution in [0.15, 0.2) is 247 Å². The maximum absolute atomic E-state index is 15.4. The molecule has 2 aromatic heterocycles. The van der Waals surface area contributed by atoms with Crippen molar-refractivity contribution in [1.29, 1.82) is 0 Å². The molecule has 1 aliphatic rings. The lowest BCUT2D eigenvalue weighted by Crippen LogP contribution is -2.28. The second kappa shape index (κ2) is 15.0. The number of pyridine rings is 1. The fourth-order valence-corrected chi connectivity index (χ4v) is 13.6. The van der Waals surface area contributed by atoms with E-state index in [1.54, 1.807) is 0 Å². The van der Waals surface area contributed by atoms with Crippen molar-refractivity contribution in [2.45, 2.75) is 5.41 Å². The maximum atomic E-state index is 15.4. The SMILES string of the molecule is O=P(c1ccccc1)(c1ccccc1)c1ccc(-c2cc3c(-c4ccc5c(c4)C(c4ccccc4)(c4ccccc4)c4ccccc4-5)nc4ccccc4c3c3c2oc2ccccc23)cc1. The molecule has 4 heteroatoms. The van der Waals surface area contributed by atoms with E-state index in [1.165, 1.54) is 33.4 Å². The number of hydrogen-bond acceptors (Lipinski definition) is 3. The van der Waals surface area contributed by atoms with Crippen molar-refractivity contribution in [2.75, 3.05) is 0 Å². The first-order valence-corrected chi connectivity index (χ1v) is 24.2. The molecule has 66 heavy (non-hydrogen) atoms. The van der Waals surface area contributed by atoms with Gasteiger partial charge in [-0.15, -0.1) is 0 Å². The summed E-state index contributed by atoms with van der Waals surface area (Å²) in [4.78, 5) is 5.59. The van der Waals surface area contributed by atoms with Crippen LogP contribution in [-0.4, -0.2) is 4.98 Å². The average Bonchev–Trinajstić information content (AvgIpc) is 3.93. The highest BCUT2D eigenvalue weighted by Gasteiger charge is 2.46. The van der Waals surface area contributed by atoms with Crippen LogP contribution in [-0.2, 0) is 9.98 Å². The Morgan fingerprint density at radius 1 is 0.394 bits per heavy atom. The monoisotopic (exact) mass is 861 g/mol. The quantitative estimate of drug-likeness (QED) is 0.118. The first-order valence-electron chi connectivity index (χ1n) is 22.5. The molecule has 0 atom stereocenters. The van der Waals surface area contributed by atoms with E-state index >= 15 is 4.57 Å². The molecular formula is C62H40NO2P. The molecule has 0 saturated heterocycles. The van der Waals surface area contributed by atoms with E-state index in [1.807, 2.05) is 78.9 Å². The molecule has 0 unspecified atom stereocenters. The predicted octanol–water partition coefficient (Wildman–Crippen LogP) is 14.6. The normalized spacial score (nSPS) is 13.0. The Balaban J connectivity index is 1.09. The summed E-state index contributed by atoms with van der Waals surface area (Å²) in [7, 11) is -3.19. The lowest BCUT2D eigenvalue weighted by atomic mass is 9.67. The van der Waals surface area contributed by atoms with Gasteiger partial charge in [0.15, 0.2) is 7.14 Å². The minimum Gasteiger partial charge on any atom is -0.455 e. The summed E-state index contributed by atoms with van der Waals surface area (Å²) in [6.45, 7) is 0. The molecule has 0 aliphatic heterocycles. The summed E-state index contributed by atoms with van der Waals surface area (Å²) >= 11 is 0. The Labute approximate surface area is 382 Å². The van der Waals surface area contributed by atoms with Crippen LogP contribution >= 0.6 is 7.14 Å². The Hall–Kier alpha value is -8.10. The van der Waals surface area contributed by atoms with E-state index in [0.29, 0.717) is 0 Å². The first-order chi connectivity index (χ1) is 32.6. The number of rotatable bonds is 7. The zero-order valence-corrected chi connectivity index (χ0v) is 36.7. The summed E-state index contributed by atoms with van der Waals surface area (Å²) in [6.07, 6.45) is 0. The summed E-state index contributed by atoms with van der Waals surface area (Å²) in [5.74, 6) is 0. The van der Waals surface area contributed by atoms with E-state index in [0.717, 1.165) is 81.9 Å². The van der Waals surface area contributed by atoms with Crippen molar-refractivity contribution in [3.8, 4) is 33.5 Å². The molecule has 3 nitrogen and oxygen atoms in total. The van der Waals surface area contributed by atoms with E-state index in [4.69, 9.17) is 9.40 Å². The lowest BCUT2D eigenvalue weighted by Gasteiger charge is -2.34. The molecule has 0 bridgehead atoms. The molecule has 1 aliphatic carbocycles. The third kappa shape index (κ3) is 5.57. The van der Waals surface area contributed by atoms with Gasteiger partial charge < -0.3 is 8.98 Å². The minimum absolute atomic E-state index is 0.559. The van der Waals surface area contributed by atoms with Gasteiger partial charge in [0.05, 0.1) is 16.6 Å². The van der Waals surface area contributed by atoms with Gasteiger partial charge in [-0.25, -0.2) is 4.98 Å². The Kier molecular flexibility index (Phi) is 8.72. The van der Waals surface area contributed by atoms with Crippen molar-refractivity contribution in [2.24, 2.45) is 0 Å². The molecule has 310 valence electrons. The first kappa shape index (κ1) is 38.4. The third-order valence-corrected chi connectivity index (χ3v) is 16.9. The summed E-state index contributed by atoms with van der Waals surface area (Å²) in [5, 5.41) is 7.69. The Morgan fingerprint density at radius 2 is 0.924 bits per heavy atom. The van der Waals surface area contributed by atoms with E-state index < -0.39 is 12.6 Å². The van der Waals surface area contributed by atoms with Crippen LogP contribution in [0.25, 0.3) is 77.1 Å². The predicted molar refractivity (Wildman–Crippen MR) is 274 cm³/mol. The van der Waals surface area contributed by atoms with Gasteiger partial charge in [0.1, 0.15) is 11.2 Å². The van der Waals surface area contributed by atoms with Gasteiger partial charge in [-0.3, -0.25) is 0 Å². The number of aromatic nitrogens is 1. The van der Waals surface area contributed by atoms with Crippen LogP contribution in [0.1, 0.15) is 22.3 Å². The fraction of sp³-hybridized carbons (Fsp3) is 0.0161. The largest absolute Gasteiger partial charge is 0.455 e. The number of para-hydroxylation sites is 2. The van der Waals surface area contributed by atoms with E-state index in [9.17, 15) is 0 Å². The maximum Gasteiger partial charge on any atom is 0.171 e. The number of benzene rings is 10. The Morgan fingerprint density at radius 3 is 1.61 bits per heavy atom.